The number of aromatic nitrogens is 3. The Balaban J connectivity index is 1.42. The van der Waals surface area contributed by atoms with Crippen molar-refractivity contribution in [3.8, 4) is 11.5 Å². The number of carbonyl (C=O) groups excluding carboxylic acids is 1. The van der Waals surface area contributed by atoms with Gasteiger partial charge in [-0.2, -0.15) is 0 Å². The monoisotopic (exact) mass is 336 g/mol. The smallest absolute Gasteiger partial charge is 0.254 e. The molecule has 0 aromatic carbocycles. The molecular formula is C19H20N4O2. The van der Waals surface area contributed by atoms with E-state index in [2.05, 4.69) is 15.0 Å². The number of amides is 1. The van der Waals surface area contributed by atoms with E-state index in [9.17, 15) is 9.59 Å². The van der Waals surface area contributed by atoms with Crippen LogP contribution in [0.1, 0.15) is 36.9 Å². The molecule has 6 heteroatoms. The standard InChI is InChI=1S/C19H20N4O2/c24-17-12-5-9-23(18(25)13-10-19(13)6-3-7-19)11-15(12)21-16(22-17)14-4-1-2-8-20-14/h1-2,4,8,13H,3,5-7,9-11H2,(H,21,22,24)/t13-/m0/s1. The SMILES string of the molecule is O=C([C@@H]1CC12CCC2)N1CCc2c(nc(-c3ccccn3)[nH]c2=O)C1. The zero-order chi connectivity index (χ0) is 17.0. The van der Waals surface area contributed by atoms with Crippen LogP contribution in [-0.2, 0) is 17.8 Å². The fraction of sp³-hybridized carbons (Fsp3) is 0.474. The third-order valence-electron chi connectivity index (χ3n) is 6.13. The van der Waals surface area contributed by atoms with Crippen LogP contribution in [0.2, 0.25) is 0 Å². The van der Waals surface area contributed by atoms with Crippen LogP contribution in [0.25, 0.3) is 11.5 Å². The first kappa shape index (κ1) is 14.8. The Morgan fingerprint density at radius 2 is 2.20 bits per heavy atom. The number of pyridine rings is 1. The molecule has 1 amide bonds. The van der Waals surface area contributed by atoms with E-state index in [-0.39, 0.29) is 17.4 Å². The van der Waals surface area contributed by atoms with Crippen molar-refractivity contribution in [1.82, 2.24) is 19.9 Å². The maximum Gasteiger partial charge on any atom is 0.254 e. The molecule has 128 valence electrons. The summed E-state index contributed by atoms with van der Waals surface area (Å²) in [5.74, 6) is 0.937. The zero-order valence-corrected chi connectivity index (χ0v) is 14.0. The van der Waals surface area contributed by atoms with Crippen LogP contribution in [0.3, 0.4) is 0 Å². The highest BCUT2D eigenvalue weighted by Gasteiger charge is 2.61. The largest absolute Gasteiger partial charge is 0.336 e. The van der Waals surface area contributed by atoms with Gasteiger partial charge < -0.3 is 9.88 Å². The number of aromatic amines is 1. The molecule has 0 radical (unpaired) electrons. The van der Waals surface area contributed by atoms with E-state index >= 15 is 0 Å². The predicted molar refractivity (Wildman–Crippen MR) is 91.6 cm³/mol. The fourth-order valence-corrected chi connectivity index (χ4v) is 4.35. The van der Waals surface area contributed by atoms with E-state index in [1.165, 1.54) is 19.3 Å². The zero-order valence-electron chi connectivity index (χ0n) is 14.0. The van der Waals surface area contributed by atoms with Gasteiger partial charge in [0.25, 0.3) is 5.56 Å². The molecular weight excluding hydrogens is 316 g/mol. The first-order valence-corrected chi connectivity index (χ1v) is 8.99. The first-order chi connectivity index (χ1) is 12.2. The Hall–Kier alpha value is -2.50. The molecule has 6 nitrogen and oxygen atoms in total. The van der Waals surface area contributed by atoms with Crippen molar-refractivity contribution < 1.29 is 4.79 Å². The molecule has 1 atom stereocenters. The van der Waals surface area contributed by atoms with Gasteiger partial charge >= 0.3 is 0 Å². The van der Waals surface area contributed by atoms with E-state index in [0.717, 1.165) is 6.42 Å². The second-order valence-electron chi connectivity index (χ2n) is 7.54. The van der Waals surface area contributed by atoms with Gasteiger partial charge in [-0.3, -0.25) is 14.6 Å². The number of nitrogens with one attached hydrogen (secondary N) is 1. The summed E-state index contributed by atoms with van der Waals surface area (Å²) in [6, 6.07) is 5.51. The second kappa shape index (κ2) is 5.25. The summed E-state index contributed by atoms with van der Waals surface area (Å²) in [6.07, 6.45) is 6.97. The van der Waals surface area contributed by atoms with Gasteiger partial charge in [-0.25, -0.2) is 4.98 Å². The molecule has 2 fully saturated rings. The summed E-state index contributed by atoms with van der Waals surface area (Å²) >= 11 is 0. The third kappa shape index (κ3) is 2.31. The van der Waals surface area contributed by atoms with E-state index in [1.807, 2.05) is 23.1 Å². The Morgan fingerprint density at radius 3 is 2.88 bits per heavy atom. The minimum atomic E-state index is -0.111. The molecule has 3 heterocycles. The Morgan fingerprint density at radius 1 is 1.32 bits per heavy atom. The number of nitrogens with zero attached hydrogens (tertiary/aromatic N) is 3. The molecule has 0 unspecified atom stereocenters. The lowest BCUT2D eigenvalue weighted by atomic mass is 9.79. The maximum atomic E-state index is 12.8. The molecule has 0 saturated heterocycles. The third-order valence-corrected chi connectivity index (χ3v) is 6.13. The second-order valence-corrected chi connectivity index (χ2v) is 7.54. The molecule has 2 aliphatic carbocycles. The number of rotatable bonds is 2. The lowest BCUT2D eigenvalue weighted by Gasteiger charge is -2.31. The minimum absolute atomic E-state index is 0.111. The minimum Gasteiger partial charge on any atom is -0.336 e. The van der Waals surface area contributed by atoms with E-state index in [0.29, 0.717) is 47.7 Å². The number of fused-ring (bicyclic) bond motifs is 1. The molecule has 25 heavy (non-hydrogen) atoms. The van der Waals surface area contributed by atoms with Crippen molar-refractivity contribution in [3.05, 3.63) is 46.0 Å². The summed E-state index contributed by atoms with van der Waals surface area (Å²) in [4.78, 5) is 38.8. The molecule has 3 aliphatic rings. The highest BCUT2D eigenvalue weighted by Crippen LogP contribution is 2.66. The summed E-state index contributed by atoms with van der Waals surface area (Å²) in [7, 11) is 0. The van der Waals surface area contributed by atoms with Crippen molar-refractivity contribution in [3.63, 3.8) is 0 Å². The van der Waals surface area contributed by atoms with Crippen LogP contribution in [0, 0.1) is 11.3 Å². The Kier molecular flexibility index (Phi) is 3.11. The summed E-state index contributed by atoms with van der Waals surface area (Å²) in [5, 5.41) is 0. The lowest BCUT2D eigenvalue weighted by molar-refractivity contribution is -0.135. The molecule has 2 aromatic rings. The van der Waals surface area contributed by atoms with E-state index in [1.54, 1.807) is 6.20 Å². The van der Waals surface area contributed by atoms with Crippen molar-refractivity contribution >= 4 is 5.91 Å². The van der Waals surface area contributed by atoms with Crippen LogP contribution in [0.15, 0.2) is 29.2 Å². The van der Waals surface area contributed by atoms with E-state index < -0.39 is 0 Å². The van der Waals surface area contributed by atoms with Crippen molar-refractivity contribution in [2.24, 2.45) is 11.3 Å². The average molecular weight is 336 g/mol. The van der Waals surface area contributed by atoms with Crippen LogP contribution in [0.5, 0.6) is 0 Å². The summed E-state index contributed by atoms with van der Waals surface area (Å²) in [5.41, 5.74) is 2.28. The molecule has 1 spiro atoms. The van der Waals surface area contributed by atoms with Crippen molar-refractivity contribution in [2.45, 2.75) is 38.6 Å². The molecule has 5 rings (SSSR count). The van der Waals surface area contributed by atoms with Gasteiger partial charge in [0, 0.05) is 24.2 Å². The van der Waals surface area contributed by atoms with Crippen LogP contribution in [-0.4, -0.2) is 32.3 Å². The molecule has 2 aromatic heterocycles. The topological polar surface area (TPSA) is 79.0 Å². The molecule has 0 bridgehead atoms. The molecule has 1 aliphatic heterocycles. The molecule has 1 N–H and O–H groups in total. The quantitative estimate of drug-likeness (QED) is 0.908. The van der Waals surface area contributed by atoms with Gasteiger partial charge in [0.05, 0.1) is 12.2 Å². The predicted octanol–water partition coefficient (Wildman–Crippen LogP) is 1.91. The number of hydrogen-bond acceptors (Lipinski definition) is 4. The van der Waals surface area contributed by atoms with Crippen molar-refractivity contribution in [2.75, 3.05) is 6.54 Å². The van der Waals surface area contributed by atoms with Gasteiger partial charge in [0.2, 0.25) is 5.91 Å². The normalized spacial score (nSPS) is 23.0. The maximum absolute atomic E-state index is 12.8. The van der Waals surface area contributed by atoms with Gasteiger partial charge in [0.1, 0.15) is 5.69 Å². The summed E-state index contributed by atoms with van der Waals surface area (Å²) < 4.78 is 0. The number of H-pyrrole nitrogens is 1. The van der Waals surface area contributed by atoms with Crippen LogP contribution in [0.4, 0.5) is 0 Å². The van der Waals surface area contributed by atoms with Crippen LogP contribution >= 0.6 is 0 Å². The number of hydrogen-bond donors (Lipinski definition) is 1. The van der Waals surface area contributed by atoms with Gasteiger partial charge in [0.15, 0.2) is 5.82 Å². The molecule has 2 saturated carbocycles. The summed E-state index contributed by atoms with van der Waals surface area (Å²) in [6.45, 7) is 1.05. The van der Waals surface area contributed by atoms with E-state index in [4.69, 9.17) is 0 Å². The number of carbonyl (C=O) groups is 1. The van der Waals surface area contributed by atoms with Gasteiger partial charge in [-0.15, -0.1) is 0 Å². The highest BCUT2D eigenvalue weighted by atomic mass is 16.2. The first-order valence-electron chi connectivity index (χ1n) is 8.99. The Labute approximate surface area is 145 Å². The fourth-order valence-electron chi connectivity index (χ4n) is 4.35. The van der Waals surface area contributed by atoms with Crippen molar-refractivity contribution in [1.29, 1.82) is 0 Å². The lowest BCUT2D eigenvalue weighted by Crippen LogP contribution is -2.41. The van der Waals surface area contributed by atoms with Gasteiger partial charge in [-0.05, 0) is 43.2 Å². The Bertz CT molecular complexity index is 901. The van der Waals surface area contributed by atoms with Gasteiger partial charge in [-0.1, -0.05) is 12.5 Å². The van der Waals surface area contributed by atoms with Crippen LogP contribution < -0.4 is 5.56 Å². The average Bonchev–Trinajstić information content (AvgIpc) is 3.38. The highest BCUT2D eigenvalue weighted by molar-refractivity contribution is 5.83.